The van der Waals surface area contributed by atoms with E-state index in [9.17, 15) is 4.79 Å². The standard InChI is InChI=1S/C11H15NO4/c1-15-8-4-3-7(10(6-8)16-2)5-9(12)11(13)14/h3-4,6,9H,5,12H2,1-2H3,(H,13,14). The van der Waals surface area contributed by atoms with Crippen molar-refractivity contribution in [3.05, 3.63) is 23.8 Å². The van der Waals surface area contributed by atoms with Gasteiger partial charge in [-0.1, -0.05) is 6.07 Å². The number of carboxylic acids is 1. The second-order valence-electron chi connectivity index (χ2n) is 3.33. The van der Waals surface area contributed by atoms with Crippen molar-refractivity contribution in [3.8, 4) is 11.5 Å². The van der Waals surface area contributed by atoms with Gasteiger partial charge in [0.05, 0.1) is 14.2 Å². The highest BCUT2D eigenvalue weighted by atomic mass is 16.5. The minimum Gasteiger partial charge on any atom is -0.497 e. The summed E-state index contributed by atoms with van der Waals surface area (Å²) in [6.45, 7) is 0. The van der Waals surface area contributed by atoms with Crippen LogP contribution in [0.2, 0.25) is 0 Å². The second-order valence-corrected chi connectivity index (χ2v) is 3.33. The largest absolute Gasteiger partial charge is 0.497 e. The van der Waals surface area contributed by atoms with Crippen LogP contribution in [0.3, 0.4) is 0 Å². The minimum absolute atomic E-state index is 0.225. The average molecular weight is 225 g/mol. The van der Waals surface area contributed by atoms with Crippen molar-refractivity contribution < 1.29 is 19.4 Å². The zero-order chi connectivity index (χ0) is 12.1. The smallest absolute Gasteiger partial charge is 0.320 e. The van der Waals surface area contributed by atoms with Gasteiger partial charge in [0.25, 0.3) is 0 Å². The Balaban J connectivity index is 2.91. The van der Waals surface area contributed by atoms with E-state index in [0.717, 1.165) is 5.56 Å². The zero-order valence-electron chi connectivity index (χ0n) is 9.27. The summed E-state index contributed by atoms with van der Waals surface area (Å²) in [5.74, 6) is 0.207. The first-order chi connectivity index (χ1) is 7.58. The Morgan fingerprint density at radius 3 is 2.62 bits per heavy atom. The Morgan fingerprint density at radius 2 is 2.12 bits per heavy atom. The first-order valence-corrected chi connectivity index (χ1v) is 4.77. The third-order valence-electron chi connectivity index (χ3n) is 2.25. The third kappa shape index (κ3) is 2.87. The van der Waals surface area contributed by atoms with Gasteiger partial charge in [-0.05, 0) is 11.6 Å². The van der Waals surface area contributed by atoms with Crippen LogP contribution in [0.15, 0.2) is 18.2 Å². The number of ether oxygens (including phenoxy) is 2. The quantitative estimate of drug-likeness (QED) is 0.769. The molecule has 1 aromatic carbocycles. The van der Waals surface area contributed by atoms with Gasteiger partial charge in [0.2, 0.25) is 0 Å². The number of hydrogen-bond donors (Lipinski definition) is 2. The normalized spacial score (nSPS) is 11.9. The summed E-state index contributed by atoms with van der Waals surface area (Å²) >= 11 is 0. The van der Waals surface area contributed by atoms with Crippen molar-refractivity contribution in [2.24, 2.45) is 5.73 Å². The van der Waals surface area contributed by atoms with Crippen LogP contribution < -0.4 is 15.2 Å². The topological polar surface area (TPSA) is 81.8 Å². The third-order valence-corrected chi connectivity index (χ3v) is 2.25. The lowest BCUT2D eigenvalue weighted by molar-refractivity contribution is -0.138. The molecule has 0 aliphatic carbocycles. The van der Waals surface area contributed by atoms with Gasteiger partial charge >= 0.3 is 5.97 Å². The van der Waals surface area contributed by atoms with E-state index in [4.69, 9.17) is 20.3 Å². The fourth-order valence-electron chi connectivity index (χ4n) is 1.34. The summed E-state index contributed by atoms with van der Waals surface area (Å²) in [5, 5.41) is 8.72. The number of carboxylic acid groups (broad SMARTS) is 1. The van der Waals surface area contributed by atoms with E-state index in [0.29, 0.717) is 11.5 Å². The molecule has 3 N–H and O–H groups in total. The van der Waals surface area contributed by atoms with Gasteiger partial charge in [-0.2, -0.15) is 0 Å². The van der Waals surface area contributed by atoms with Crippen molar-refractivity contribution in [1.82, 2.24) is 0 Å². The zero-order valence-corrected chi connectivity index (χ0v) is 9.27. The molecule has 1 aromatic rings. The number of hydrogen-bond acceptors (Lipinski definition) is 4. The van der Waals surface area contributed by atoms with Gasteiger partial charge in [0, 0.05) is 12.5 Å². The Bertz CT molecular complexity index is 378. The predicted molar refractivity (Wildman–Crippen MR) is 58.9 cm³/mol. The fraction of sp³-hybridized carbons (Fsp3) is 0.364. The van der Waals surface area contributed by atoms with E-state index >= 15 is 0 Å². The van der Waals surface area contributed by atoms with Gasteiger partial charge in [-0.25, -0.2) is 0 Å². The molecule has 1 unspecified atom stereocenters. The number of methoxy groups -OCH3 is 2. The molecule has 0 bridgehead atoms. The Labute approximate surface area is 93.8 Å². The summed E-state index contributed by atoms with van der Waals surface area (Å²) in [7, 11) is 3.07. The van der Waals surface area contributed by atoms with Crippen LogP contribution in [0.5, 0.6) is 11.5 Å². The van der Waals surface area contributed by atoms with Crippen molar-refractivity contribution in [2.45, 2.75) is 12.5 Å². The van der Waals surface area contributed by atoms with Gasteiger partial charge in [-0.3, -0.25) is 4.79 Å². The molecule has 0 aliphatic rings. The Hall–Kier alpha value is -1.75. The molecule has 1 atom stereocenters. The first kappa shape index (κ1) is 12.3. The average Bonchev–Trinajstić information content (AvgIpc) is 2.29. The molecule has 0 spiro atoms. The number of carbonyl (C=O) groups is 1. The number of rotatable bonds is 5. The maximum atomic E-state index is 10.6. The molecule has 0 aromatic heterocycles. The second kappa shape index (κ2) is 5.37. The van der Waals surface area contributed by atoms with Crippen molar-refractivity contribution in [1.29, 1.82) is 0 Å². The molecule has 5 heteroatoms. The molecule has 0 saturated carbocycles. The van der Waals surface area contributed by atoms with Crippen LogP contribution in [0, 0.1) is 0 Å². The molecule has 0 amide bonds. The molecule has 5 nitrogen and oxygen atoms in total. The van der Waals surface area contributed by atoms with Gasteiger partial charge in [0.1, 0.15) is 17.5 Å². The van der Waals surface area contributed by atoms with Crippen LogP contribution in [0.1, 0.15) is 5.56 Å². The minimum atomic E-state index is -1.03. The Morgan fingerprint density at radius 1 is 1.44 bits per heavy atom. The molecule has 0 radical (unpaired) electrons. The van der Waals surface area contributed by atoms with Gasteiger partial charge in [0.15, 0.2) is 0 Å². The maximum Gasteiger partial charge on any atom is 0.320 e. The van der Waals surface area contributed by atoms with E-state index in [1.807, 2.05) is 0 Å². The SMILES string of the molecule is COc1ccc(CC(N)C(=O)O)c(OC)c1. The van der Waals surface area contributed by atoms with Crippen molar-refractivity contribution >= 4 is 5.97 Å². The van der Waals surface area contributed by atoms with E-state index in [2.05, 4.69) is 0 Å². The van der Waals surface area contributed by atoms with Crippen LogP contribution in [-0.2, 0) is 11.2 Å². The number of benzene rings is 1. The Kier molecular flexibility index (Phi) is 4.13. The van der Waals surface area contributed by atoms with Crippen LogP contribution in [0.4, 0.5) is 0 Å². The molecule has 0 aliphatic heterocycles. The first-order valence-electron chi connectivity index (χ1n) is 4.77. The molecule has 1 rings (SSSR count). The molecule has 0 saturated heterocycles. The number of aliphatic carboxylic acids is 1. The highest BCUT2D eigenvalue weighted by Crippen LogP contribution is 2.25. The van der Waals surface area contributed by atoms with Gasteiger partial charge < -0.3 is 20.3 Å². The molecule has 0 fully saturated rings. The highest BCUT2D eigenvalue weighted by Gasteiger charge is 2.15. The molecule has 16 heavy (non-hydrogen) atoms. The van der Waals surface area contributed by atoms with Crippen molar-refractivity contribution in [3.63, 3.8) is 0 Å². The van der Waals surface area contributed by atoms with Crippen LogP contribution in [0.25, 0.3) is 0 Å². The predicted octanol–water partition coefficient (Wildman–Crippen LogP) is 0.658. The molecule has 0 heterocycles. The molecular weight excluding hydrogens is 210 g/mol. The van der Waals surface area contributed by atoms with E-state index in [-0.39, 0.29) is 6.42 Å². The fourth-order valence-corrected chi connectivity index (χ4v) is 1.34. The molecular formula is C11H15NO4. The summed E-state index contributed by atoms with van der Waals surface area (Å²) < 4.78 is 10.2. The summed E-state index contributed by atoms with van der Waals surface area (Å²) in [6, 6.07) is 4.26. The van der Waals surface area contributed by atoms with Crippen molar-refractivity contribution in [2.75, 3.05) is 14.2 Å². The maximum absolute atomic E-state index is 10.6. The summed E-state index contributed by atoms with van der Waals surface area (Å²) in [6.07, 6.45) is 0.225. The summed E-state index contributed by atoms with van der Waals surface area (Å²) in [4.78, 5) is 10.6. The lowest BCUT2D eigenvalue weighted by atomic mass is 10.1. The van der Waals surface area contributed by atoms with E-state index in [1.54, 1.807) is 25.3 Å². The highest BCUT2D eigenvalue weighted by molar-refractivity contribution is 5.73. The van der Waals surface area contributed by atoms with E-state index in [1.165, 1.54) is 7.11 Å². The van der Waals surface area contributed by atoms with Crippen LogP contribution >= 0.6 is 0 Å². The monoisotopic (exact) mass is 225 g/mol. The van der Waals surface area contributed by atoms with E-state index < -0.39 is 12.0 Å². The lowest BCUT2D eigenvalue weighted by Gasteiger charge is -2.12. The summed E-state index contributed by atoms with van der Waals surface area (Å²) in [5.41, 5.74) is 6.20. The molecule has 88 valence electrons. The van der Waals surface area contributed by atoms with Crippen LogP contribution in [-0.4, -0.2) is 31.3 Å². The lowest BCUT2D eigenvalue weighted by Crippen LogP contribution is -2.32. The van der Waals surface area contributed by atoms with Gasteiger partial charge in [-0.15, -0.1) is 0 Å². The number of nitrogens with two attached hydrogens (primary N) is 1.